The Labute approximate surface area is 119 Å². The van der Waals surface area contributed by atoms with Crippen molar-refractivity contribution in [3.05, 3.63) is 46.3 Å². The number of anilines is 3. The summed E-state index contributed by atoms with van der Waals surface area (Å²) in [5.41, 5.74) is 0.340. The summed E-state index contributed by atoms with van der Waals surface area (Å²) in [4.78, 5) is 14.5. The summed E-state index contributed by atoms with van der Waals surface area (Å²) >= 11 is 0. The molecule has 0 atom stereocenters. The van der Waals surface area contributed by atoms with Gasteiger partial charge in [0.2, 0.25) is 0 Å². The molecule has 0 amide bonds. The monoisotopic (exact) mass is 292 g/mol. The minimum Gasteiger partial charge on any atom is -0.494 e. The molecule has 2 aromatic rings. The number of ether oxygens (including phenoxy) is 1. The van der Waals surface area contributed by atoms with E-state index in [0.29, 0.717) is 11.5 Å². The van der Waals surface area contributed by atoms with Crippen LogP contribution in [0.2, 0.25) is 0 Å². The normalized spacial score (nSPS) is 10.0. The van der Waals surface area contributed by atoms with E-state index in [4.69, 9.17) is 4.74 Å². The van der Waals surface area contributed by atoms with Gasteiger partial charge < -0.3 is 15.4 Å². The number of nitrogens with one attached hydrogen (secondary N) is 2. The Balaban J connectivity index is 2.39. The van der Waals surface area contributed by atoms with Crippen LogP contribution in [-0.2, 0) is 0 Å². The van der Waals surface area contributed by atoms with Gasteiger partial charge in [-0.25, -0.2) is 9.37 Å². The van der Waals surface area contributed by atoms with Crippen molar-refractivity contribution < 1.29 is 14.1 Å². The van der Waals surface area contributed by atoms with Gasteiger partial charge in [-0.2, -0.15) is 0 Å². The largest absolute Gasteiger partial charge is 0.494 e. The van der Waals surface area contributed by atoms with Crippen LogP contribution >= 0.6 is 0 Å². The first-order valence-electron chi connectivity index (χ1n) is 5.98. The van der Waals surface area contributed by atoms with Gasteiger partial charge in [-0.15, -0.1) is 0 Å². The second-order valence-electron chi connectivity index (χ2n) is 4.07. The highest BCUT2D eigenvalue weighted by atomic mass is 19.1. The maximum absolute atomic E-state index is 13.1. The highest BCUT2D eigenvalue weighted by Gasteiger charge is 2.12. The van der Waals surface area contributed by atoms with Gasteiger partial charge in [-0.3, -0.25) is 10.1 Å². The molecule has 0 aliphatic carbocycles. The summed E-state index contributed by atoms with van der Waals surface area (Å²) in [6.07, 6.45) is 0. The van der Waals surface area contributed by atoms with Gasteiger partial charge in [0.1, 0.15) is 23.2 Å². The summed E-state index contributed by atoms with van der Waals surface area (Å²) < 4.78 is 18.2. The fourth-order valence-corrected chi connectivity index (χ4v) is 1.72. The number of nitrogens with zero attached hydrogens (tertiary/aromatic N) is 2. The fourth-order valence-electron chi connectivity index (χ4n) is 1.72. The third-order valence-corrected chi connectivity index (χ3v) is 2.70. The lowest BCUT2D eigenvalue weighted by molar-refractivity contribution is -0.384. The lowest BCUT2D eigenvalue weighted by Gasteiger charge is -2.11. The van der Waals surface area contributed by atoms with Gasteiger partial charge >= 0.3 is 0 Å². The molecule has 0 unspecified atom stereocenters. The first-order chi connectivity index (χ1) is 10.0. The van der Waals surface area contributed by atoms with E-state index < -0.39 is 10.7 Å². The summed E-state index contributed by atoms with van der Waals surface area (Å²) in [5, 5.41) is 16.5. The Morgan fingerprint density at radius 3 is 2.62 bits per heavy atom. The molecule has 1 aromatic heterocycles. The van der Waals surface area contributed by atoms with Crippen LogP contribution in [0.25, 0.3) is 0 Å². The summed E-state index contributed by atoms with van der Waals surface area (Å²) in [5.74, 6) is 0.417. The molecule has 7 nitrogen and oxygen atoms in total. The number of methoxy groups -OCH3 is 1. The van der Waals surface area contributed by atoms with Crippen molar-refractivity contribution >= 4 is 23.0 Å². The highest BCUT2D eigenvalue weighted by molar-refractivity contribution is 5.67. The van der Waals surface area contributed by atoms with E-state index in [0.717, 1.165) is 0 Å². The van der Waals surface area contributed by atoms with Crippen LogP contribution in [0.4, 0.5) is 27.4 Å². The average molecular weight is 292 g/mol. The molecule has 0 aliphatic rings. The number of nitro groups is 1. The first kappa shape index (κ1) is 14.5. The molecule has 0 fully saturated rings. The predicted molar refractivity (Wildman–Crippen MR) is 76.7 cm³/mol. The quantitative estimate of drug-likeness (QED) is 0.650. The van der Waals surface area contributed by atoms with Crippen molar-refractivity contribution in [2.45, 2.75) is 0 Å². The number of pyridine rings is 1. The fraction of sp³-hybridized carbons (Fsp3) is 0.154. The number of halogens is 1. The zero-order chi connectivity index (χ0) is 15.4. The second-order valence-corrected chi connectivity index (χ2v) is 4.07. The van der Waals surface area contributed by atoms with Gasteiger partial charge in [0, 0.05) is 13.1 Å². The number of aromatic nitrogens is 1. The molecule has 21 heavy (non-hydrogen) atoms. The maximum atomic E-state index is 13.1. The molecular weight excluding hydrogens is 279 g/mol. The lowest BCUT2D eigenvalue weighted by Crippen LogP contribution is -2.01. The minimum absolute atomic E-state index is 0.113. The van der Waals surface area contributed by atoms with Crippen molar-refractivity contribution in [3.8, 4) is 5.75 Å². The summed E-state index contributed by atoms with van der Waals surface area (Å²) in [6.45, 7) is 0. The minimum atomic E-state index is -0.518. The van der Waals surface area contributed by atoms with Crippen LogP contribution in [-0.4, -0.2) is 24.1 Å². The average Bonchev–Trinajstić information content (AvgIpc) is 2.48. The van der Waals surface area contributed by atoms with Gasteiger partial charge in [-0.05, 0) is 12.1 Å². The Morgan fingerprint density at radius 1 is 1.29 bits per heavy atom. The molecule has 0 saturated carbocycles. The van der Waals surface area contributed by atoms with Crippen molar-refractivity contribution in [1.29, 1.82) is 0 Å². The van der Waals surface area contributed by atoms with Gasteiger partial charge in [-0.1, -0.05) is 0 Å². The third-order valence-electron chi connectivity index (χ3n) is 2.70. The molecule has 0 saturated heterocycles. The molecular formula is C13H13FN4O3. The molecule has 8 heteroatoms. The van der Waals surface area contributed by atoms with E-state index in [2.05, 4.69) is 15.6 Å². The Kier molecular flexibility index (Phi) is 4.17. The third kappa shape index (κ3) is 3.35. The van der Waals surface area contributed by atoms with E-state index in [1.165, 1.54) is 37.4 Å². The zero-order valence-corrected chi connectivity index (χ0v) is 11.4. The highest BCUT2D eigenvalue weighted by Crippen LogP contribution is 2.29. The Morgan fingerprint density at radius 2 is 2.00 bits per heavy atom. The summed E-state index contributed by atoms with van der Waals surface area (Å²) in [6, 6.07) is 6.52. The standard InChI is InChI=1S/C13H13FN4O3/c1-15-12-6-9(18(19)20)7-13(17-12)16-10-4-3-8(14)5-11(10)21-2/h3-7H,1-2H3,(H2,15,16,17). The van der Waals surface area contributed by atoms with E-state index in [1.54, 1.807) is 7.05 Å². The number of hydrogen-bond donors (Lipinski definition) is 2. The van der Waals surface area contributed by atoms with Gasteiger partial charge in [0.15, 0.2) is 0 Å². The van der Waals surface area contributed by atoms with Crippen LogP contribution in [0.5, 0.6) is 5.75 Å². The van der Waals surface area contributed by atoms with E-state index in [1.807, 2.05) is 0 Å². The smallest absolute Gasteiger partial charge is 0.276 e. The van der Waals surface area contributed by atoms with Crippen LogP contribution in [0.1, 0.15) is 0 Å². The van der Waals surface area contributed by atoms with Crippen LogP contribution in [0.15, 0.2) is 30.3 Å². The van der Waals surface area contributed by atoms with E-state index in [-0.39, 0.29) is 17.3 Å². The summed E-state index contributed by atoms with van der Waals surface area (Å²) in [7, 11) is 3.01. The van der Waals surface area contributed by atoms with Crippen molar-refractivity contribution in [2.75, 3.05) is 24.8 Å². The molecule has 2 rings (SSSR count). The van der Waals surface area contributed by atoms with Crippen LogP contribution < -0.4 is 15.4 Å². The predicted octanol–water partition coefficient (Wildman–Crippen LogP) is 2.92. The molecule has 2 N–H and O–H groups in total. The first-order valence-corrected chi connectivity index (χ1v) is 5.98. The molecule has 1 heterocycles. The number of hydrogen-bond acceptors (Lipinski definition) is 6. The van der Waals surface area contributed by atoms with Crippen molar-refractivity contribution in [3.63, 3.8) is 0 Å². The van der Waals surface area contributed by atoms with Crippen LogP contribution in [0.3, 0.4) is 0 Å². The molecule has 0 aliphatic heterocycles. The second kappa shape index (κ2) is 6.04. The number of benzene rings is 1. The van der Waals surface area contributed by atoms with E-state index >= 15 is 0 Å². The van der Waals surface area contributed by atoms with Crippen LogP contribution in [0, 0.1) is 15.9 Å². The Bertz CT molecular complexity index is 678. The van der Waals surface area contributed by atoms with Crippen molar-refractivity contribution in [2.24, 2.45) is 0 Å². The number of rotatable bonds is 5. The lowest BCUT2D eigenvalue weighted by atomic mass is 10.2. The van der Waals surface area contributed by atoms with E-state index in [9.17, 15) is 14.5 Å². The molecule has 1 aromatic carbocycles. The molecule has 0 spiro atoms. The molecule has 0 bridgehead atoms. The zero-order valence-electron chi connectivity index (χ0n) is 11.4. The van der Waals surface area contributed by atoms with Gasteiger partial charge in [0.25, 0.3) is 5.69 Å². The topological polar surface area (TPSA) is 89.3 Å². The van der Waals surface area contributed by atoms with Gasteiger partial charge in [0.05, 0.1) is 29.9 Å². The Hall–Kier alpha value is -2.90. The molecule has 0 radical (unpaired) electrons. The molecule has 110 valence electrons. The maximum Gasteiger partial charge on any atom is 0.276 e. The SMILES string of the molecule is CNc1cc([N+](=O)[O-])cc(Nc2ccc(F)cc2OC)n1. The van der Waals surface area contributed by atoms with Crippen molar-refractivity contribution in [1.82, 2.24) is 4.98 Å².